The predicted molar refractivity (Wildman–Crippen MR) is 143 cm³/mol. The van der Waals surface area contributed by atoms with Crippen LogP contribution < -0.4 is 5.32 Å². The number of benzene rings is 3. The highest BCUT2D eigenvalue weighted by molar-refractivity contribution is 7.22. The number of alkyl halides is 3. The number of amides is 1. The number of hydrogen-bond donors (Lipinski definition) is 2. The smallest absolute Gasteiger partial charge is 0.358 e. The minimum atomic E-state index is -4.52. The minimum absolute atomic E-state index is 0.0700. The van der Waals surface area contributed by atoms with E-state index in [1.54, 1.807) is 29.5 Å². The average molecular weight is 529 g/mol. The largest absolute Gasteiger partial charge is 0.416 e. The number of H-pyrrole nitrogens is 1. The van der Waals surface area contributed by atoms with Crippen molar-refractivity contribution >= 4 is 44.1 Å². The lowest BCUT2D eigenvalue weighted by Gasteiger charge is -2.10. The molecule has 5 nitrogen and oxygen atoms in total. The van der Waals surface area contributed by atoms with Gasteiger partial charge < -0.3 is 10.3 Å². The fourth-order valence-electron chi connectivity index (χ4n) is 4.33. The van der Waals surface area contributed by atoms with Gasteiger partial charge in [0.15, 0.2) is 0 Å². The normalized spacial score (nSPS) is 11.8. The van der Waals surface area contributed by atoms with Gasteiger partial charge in [-0.3, -0.25) is 4.79 Å². The van der Waals surface area contributed by atoms with Crippen LogP contribution in [0.1, 0.15) is 27.3 Å². The Labute approximate surface area is 219 Å². The summed E-state index contributed by atoms with van der Waals surface area (Å²) in [7, 11) is 0. The number of nitrogens with one attached hydrogen (secondary N) is 2. The number of nitrogens with zero attached hydrogens (tertiary/aromatic N) is 2. The number of hydrogen-bond acceptors (Lipinski definition) is 4. The molecule has 0 fully saturated rings. The third kappa shape index (κ3) is 4.76. The summed E-state index contributed by atoms with van der Waals surface area (Å²) in [6.45, 7) is 0. The van der Waals surface area contributed by atoms with E-state index in [-0.39, 0.29) is 5.56 Å². The predicted octanol–water partition coefficient (Wildman–Crippen LogP) is 7.70. The third-order valence-electron chi connectivity index (χ3n) is 6.11. The maximum Gasteiger partial charge on any atom is 0.416 e. The molecule has 0 saturated heterocycles. The summed E-state index contributed by atoms with van der Waals surface area (Å²) < 4.78 is 40.3. The highest BCUT2D eigenvalue weighted by atomic mass is 32.1. The van der Waals surface area contributed by atoms with E-state index >= 15 is 0 Å². The Balaban J connectivity index is 1.27. The van der Waals surface area contributed by atoms with Crippen LogP contribution in [0.15, 0.2) is 91.1 Å². The number of anilines is 1. The lowest BCUT2D eigenvalue weighted by Crippen LogP contribution is -2.14. The molecule has 9 heteroatoms. The van der Waals surface area contributed by atoms with Gasteiger partial charge in [-0.15, -0.1) is 11.3 Å². The molecule has 0 aliphatic rings. The molecule has 6 aromatic rings. The van der Waals surface area contributed by atoms with Gasteiger partial charge in [0.25, 0.3) is 5.91 Å². The molecular weight excluding hydrogens is 509 g/mol. The molecule has 0 bridgehead atoms. The zero-order valence-corrected chi connectivity index (χ0v) is 20.5. The first kappa shape index (κ1) is 23.9. The quantitative estimate of drug-likeness (QED) is 0.241. The van der Waals surface area contributed by atoms with Gasteiger partial charge >= 0.3 is 6.18 Å². The second-order valence-corrected chi connectivity index (χ2v) is 9.87. The first-order valence-corrected chi connectivity index (χ1v) is 12.6. The van der Waals surface area contributed by atoms with Crippen LogP contribution in [0.25, 0.3) is 31.7 Å². The molecular formula is C29H19F3N4OS. The molecule has 188 valence electrons. The minimum Gasteiger partial charge on any atom is -0.358 e. The van der Waals surface area contributed by atoms with E-state index in [9.17, 15) is 18.0 Å². The Bertz CT molecular complexity index is 1770. The first-order valence-electron chi connectivity index (χ1n) is 11.7. The molecule has 0 aliphatic carbocycles. The van der Waals surface area contributed by atoms with Crippen molar-refractivity contribution in [3.63, 3.8) is 0 Å². The third-order valence-corrected chi connectivity index (χ3v) is 7.23. The van der Waals surface area contributed by atoms with Crippen LogP contribution in [0.2, 0.25) is 0 Å². The molecule has 0 saturated carbocycles. The molecule has 3 aromatic heterocycles. The number of fused-ring (bicyclic) bond motifs is 2. The average Bonchev–Trinajstić information content (AvgIpc) is 3.55. The van der Waals surface area contributed by atoms with Gasteiger partial charge in [0.05, 0.1) is 21.5 Å². The zero-order valence-electron chi connectivity index (χ0n) is 19.7. The highest BCUT2D eigenvalue weighted by Gasteiger charge is 2.30. The molecule has 0 aliphatic heterocycles. The highest BCUT2D eigenvalue weighted by Crippen LogP contribution is 2.35. The summed E-state index contributed by atoms with van der Waals surface area (Å²) >= 11 is 1.67. The summed E-state index contributed by atoms with van der Waals surface area (Å²) in [5.74, 6) is -0.00352. The van der Waals surface area contributed by atoms with Crippen LogP contribution in [-0.2, 0) is 12.6 Å². The van der Waals surface area contributed by atoms with Crippen LogP contribution in [-0.4, -0.2) is 20.9 Å². The number of carbonyl (C=O) groups excluding carboxylic acids is 1. The molecule has 2 N–H and O–H groups in total. The summed E-state index contributed by atoms with van der Waals surface area (Å²) in [5, 5.41) is 3.84. The van der Waals surface area contributed by atoms with Crippen molar-refractivity contribution in [3.05, 3.63) is 114 Å². The van der Waals surface area contributed by atoms with Gasteiger partial charge in [0, 0.05) is 28.6 Å². The maximum absolute atomic E-state index is 13.0. The van der Waals surface area contributed by atoms with Gasteiger partial charge in [0.2, 0.25) is 0 Å². The van der Waals surface area contributed by atoms with Crippen molar-refractivity contribution in [2.45, 2.75) is 12.6 Å². The van der Waals surface area contributed by atoms with E-state index in [0.29, 0.717) is 17.9 Å². The zero-order chi connectivity index (χ0) is 26.3. The van der Waals surface area contributed by atoms with Crippen LogP contribution in [0.3, 0.4) is 0 Å². The Morgan fingerprint density at radius 2 is 1.76 bits per heavy atom. The Kier molecular flexibility index (Phi) is 5.92. The van der Waals surface area contributed by atoms with Crippen molar-refractivity contribution in [3.8, 4) is 10.6 Å². The van der Waals surface area contributed by atoms with E-state index in [2.05, 4.69) is 28.5 Å². The number of carbonyl (C=O) groups is 1. The number of thiophene rings is 1. The van der Waals surface area contributed by atoms with E-state index in [1.165, 1.54) is 16.8 Å². The lowest BCUT2D eigenvalue weighted by atomic mass is 10.1. The van der Waals surface area contributed by atoms with Crippen LogP contribution >= 0.6 is 11.3 Å². The number of aromatic amines is 1. The van der Waals surface area contributed by atoms with Crippen molar-refractivity contribution in [1.29, 1.82) is 0 Å². The van der Waals surface area contributed by atoms with Gasteiger partial charge in [-0.25, -0.2) is 9.97 Å². The Morgan fingerprint density at radius 1 is 0.921 bits per heavy atom. The lowest BCUT2D eigenvalue weighted by molar-refractivity contribution is -0.137. The van der Waals surface area contributed by atoms with Gasteiger partial charge in [0.1, 0.15) is 11.5 Å². The fraction of sp³-hybridized carbons (Fsp3) is 0.0690. The summed E-state index contributed by atoms with van der Waals surface area (Å²) in [6, 6.07) is 23.7. The van der Waals surface area contributed by atoms with E-state index in [1.807, 2.05) is 30.5 Å². The van der Waals surface area contributed by atoms with E-state index in [0.717, 1.165) is 44.7 Å². The monoisotopic (exact) mass is 528 g/mol. The van der Waals surface area contributed by atoms with Crippen molar-refractivity contribution < 1.29 is 18.0 Å². The molecule has 0 radical (unpaired) electrons. The summed E-state index contributed by atoms with van der Waals surface area (Å²) in [4.78, 5) is 26.5. The van der Waals surface area contributed by atoms with Gasteiger partial charge in [-0.05, 0) is 59.5 Å². The SMILES string of the molecule is O=C(Nc1cccc(Cc2nc(-c3cc4ccccc4s3)c3[nH]ccc3n2)c1)c1cccc(C(F)(F)F)c1. The number of halogens is 3. The Morgan fingerprint density at radius 3 is 2.61 bits per heavy atom. The Hall–Kier alpha value is -4.50. The summed E-state index contributed by atoms with van der Waals surface area (Å²) in [6.07, 6.45) is -2.28. The summed E-state index contributed by atoms with van der Waals surface area (Å²) in [5.41, 5.74) is 2.87. The standard InChI is InChI=1S/C29H19F3N4OS/c30-29(31,32)20-8-4-7-19(15-20)28(37)34-21-9-3-5-17(13-21)14-25-35-22-11-12-33-26(22)27(36-25)24-16-18-6-1-2-10-23(18)38-24/h1-13,15-16,33H,14H2,(H,34,37). The second-order valence-electron chi connectivity index (χ2n) is 8.78. The first-order chi connectivity index (χ1) is 18.3. The van der Waals surface area contributed by atoms with Crippen LogP contribution in [0, 0.1) is 0 Å². The molecule has 1 amide bonds. The van der Waals surface area contributed by atoms with Gasteiger partial charge in [-0.1, -0.05) is 36.4 Å². The van der Waals surface area contributed by atoms with Crippen molar-refractivity contribution in [1.82, 2.24) is 15.0 Å². The number of aromatic nitrogens is 3. The van der Waals surface area contributed by atoms with Crippen molar-refractivity contribution in [2.75, 3.05) is 5.32 Å². The molecule has 0 spiro atoms. The number of rotatable bonds is 5. The maximum atomic E-state index is 13.0. The van der Waals surface area contributed by atoms with E-state index in [4.69, 9.17) is 9.97 Å². The fourth-order valence-corrected chi connectivity index (χ4v) is 5.39. The molecule has 6 rings (SSSR count). The molecule has 0 unspecified atom stereocenters. The topological polar surface area (TPSA) is 70.7 Å². The second kappa shape index (κ2) is 9.42. The van der Waals surface area contributed by atoms with Crippen LogP contribution in [0.5, 0.6) is 0 Å². The van der Waals surface area contributed by atoms with E-state index < -0.39 is 17.6 Å². The molecule has 0 atom stereocenters. The van der Waals surface area contributed by atoms with Gasteiger partial charge in [-0.2, -0.15) is 13.2 Å². The molecule has 3 aromatic carbocycles. The molecule has 38 heavy (non-hydrogen) atoms. The molecule has 3 heterocycles. The van der Waals surface area contributed by atoms with Crippen molar-refractivity contribution in [2.24, 2.45) is 0 Å². The van der Waals surface area contributed by atoms with Crippen LogP contribution in [0.4, 0.5) is 18.9 Å².